The van der Waals surface area contributed by atoms with Crippen molar-refractivity contribution in [2.45, 2.75) is 32.5 Å². The van der Waals surface area contributed by atoms with Crippen LogP contribution in [-0.2, 0) is 24.4 Å². The molecule has 8 heteroatoms. The summed E-state index contributed by atoms with van der Waals surface area (Å²) in [6.07, 6.45) is 4.42. The molecule has 0 bridgehead atoms. The van der Waals surface area contributed by atoms with E-state index >= 15 is 0 Å². The lowest BCUT2D eigenvalue weighted by molar-refractivity contribution is 0.0341. The average Bonchev–Trinajstić information content (AvgIpc) is 3.36. The topological polar surface area (TPSA) is 65.0 Å². The van der Waals surface area contributed by atoms with Gasteiger partial charge in [0.05, 0.1) is 13.2 Å². The number of benzene rings is 1. The van der Waals surface area contributed by atoms with Crippen molar-refractivity contribution in [1.82, 2.24) is 20.5 Å². The van der Waals surface area contributed by atoms with Crippen LogP contribution in [0.25, 0.3) is 0 Å². The van der Waals surface area contributed by atoms with Crippen molar-refractivity contribution in [2.75, 3.05) is 51.3 Å². The van der Waals surface area contributed by atoms with Gasteiger partial charge in [0.1, 0.15) is 5.82 Å². The van der Waals surface area contributed by atoms with E-state index in [0.29, 0.717) is 0 Å². The fourth-order valence-electron chi connectivity index (χ4n) is 4.16. The number of nitrogens with zero attached hydrogens (tertiary/aromatic N) is 4. The number of halogens is 1. The second-order valence-corrected chi connectivity index (χ2v) is 8.15. The maximum atomic E-state index is 5.48. The number of ether oxygens (including phenoxy) is 1. The number of rotatable bonds is 7. The van der Waals surface area contributed by atoms with E-state index in [1.54, 1.807) is 0 Å². The molecule has 0 unspecified atom stereocenters. The molecule has 1 aromatic heterocycles. The summed E-state index contributed by atoms with van der Waals surface area (Å²) < 4.78 is 5.48. The number of anilines is 1. The minimum Gasteiger partial charge on any atom is -0.379 e. The molecule has 3 heterocycles. The molecule has 7 nitrogen and oxygen atoms in total. The molecule has 0 radical (unpaired) electrons. The van der Waals surface area contributed by atoms with Crippen LogP contribution in [0, 0.1) is 0 Å². The predicted molar refractivity (Wildman–Crippen MR) is 141 cm³/mol. The van der Waals surface area contributed by atoms with Crippen LogP contribution in [0.3, 0.4) is 0 Å². The molecule has 0 atom stereocenters. The van der Waals surface area contributed by atoms with Gasteiger partial charge >= 0.3 is 0 Å². The fourth-order valence-corrected chi connectivity index (χ4v) is 4.16. The zero-order valence-electron chi connectivity index (χ0n) is 18.9. The highest BCUT2D eigenvalue weighted by atomic mass is 127. The molecular formula is C24H35IN6O. The number of aliphatic imine (C=N–C) groups is 1. The summed E-state index contributed by atoms with van der Waals surface area (Å²) >= 11 is 0. The highest BCUT2D eigenvalue weighted by molar-refractivity contribution is 14.0. The Morgan fingerprint density at radius 1 is 1.00 bits per heavy atom. The van der Waals surface area contributed by atoms with E-state index in [4.69, 9.17) is 4.74 Å². The number of hydrogen-bond acceptors (Lipinski definition) is 5. The van der Waals surface area contributed by atoms with Crippen molar-refractivity contribution in [3.63, 3.8) is 0 Å². The van der Waals surface area contributed by atoms with Gasteiger partial charge in [-0.25, -0.2) is 4.98 Å². The standard InChI is InChI=1S/C24H34N6O.HI/c1-25-24(27-17-20-8-9-26-23(16-20)30-10-4-5-11-30)28-18-21-6-2-3-7-22(21)19-29-12-14-31-15-13-29;/h2-3,6-9,16H,4-5,10-15,17-19H2,1H3,(H2,25,27,28);1H. The zero-order valence-corrected chi connectivity index (χ0v) is 21.3. The SMILES string of the molecule is CN=C(NCc1ccnc(N2CCCC2)c1)NCc1ccccc1CN1CCOCC1.I. The van der Waals surface area contributed by atoms with Crippen molar-refractivity contribution in [3.8, 4) is 0 Å². The number of guanidine groups is 1. The van der Waals surface area contributed by atoms with E-state index in [9.17, 15) is 0 Å². The number of aromatic nitrogens is 1. The first kappa shape index (κ1) is 24.7. The highest BCUT2D eigenvalue weighted by Crippen LogP contribution is 2.18. The van der Waals surface area contributed by atoms with Crippen molar-refractivity contribution in [1.29, 1.82) is 0 Å². The van der Waals surface area contributed by atoms with Gasteiger partial charge in [-0.1, -0.05) is 24.3 Å². The van der Waals surface area contributed by atoms with Crippen LogP contribution in [-0.4, -0.2) is 62.3 Å². The van der Waals surface area contributed by atoms with E-state index in [2.05, 4.69) is 66.8 Å². The maximum Gasteiger partial charge on any atom is 0.191 e. The van der Waals surface area contributed by atoms with Gasteiger partial charge in [-0.2, -0.15) is 0 Å². The van der Waals surface area contributed by atoms with Crippen LogP contribution in [0.2, 0.25) is 0 Å². The lowest BCUT2D eigenvalue weighted by Gasteiger charge is -2.27. The maximum absolute atomic E-state index is 5.48. The van der Waals surface area contributed by atoms with Crippen molar-refractivity contribution < 1.29 is 4.74 Å². The Hall–Kier alpha value is -1.91. The quantitative estimate of drug-likeness (QED) is 0.314. The van der Waals surface area contributed by atoms with Gasteiger partial charge in [0.25, 0.3) is 0 Å². The first-order valence-corrected chi connectivity index (χ1v) is 11.3. The third-order valence-electron chi connectivity index (χ3n) is 5.99. The van der Waals surface area contributed by atoms with Gasteiger partial charge in [0.2, 0.25) is 0 Å². The van der Waals surface area contributed by atoms with Crippen LogP contribution in [0.4, 0.5) is 5.82 Å². The fraction of sp³-hybridized carbons (Fsp3) is 0.500. The van der Waals surface area contributed by atoms with E-state index in [1.165, 1.54) is 29.5 Å². The zero-order chi connectivity index (χ0) is 21.3. The van der Waals surface area contributed by atoms with Crippen LogP contribution in [0.1, 0.15) is 29.5 Å². The molecule has 0 aliphatic carbocycles. The van der Waals surface area contributed by atoms with Gasteiger partial charge in [-0.05, 0) is 41.7 Å². The summed E-state index contributed by atoms with van der Waals surface area (Å²) in [5.41, 5.74) is 3.88. The normalized spacial score (nSPS) is 17.2. The van der Waals surface area contributed by atoms with Gasteiger partial charge in [-0.3, -0.25) is 9.89 Å². The molecular weight excluding hydrogens is 515 g/mol. The van der Waals surface area contributed by atoms with Gasteiger partial charge in [0.15, 0.2) is 5.96 Å². The smallest absolute Gasteiger partial charge is 0.191 e. The Morgan fingerprint density at radius 3 is 2.47 bits per heavy atom. The lowest BCUT2D eigenvalue weighted by atomic mass is 10.1. The van der Waals surface area contributed by atoms with E-state index < -0.39 is 0 Å². The molecule has 2 aliphatic rings. The Bertz CT molecular complexity index is 865. The molecule has 2 fully saturated rings. The van der Waals surface area contributed by atoms with E-state index in [1.807, 2.05) is 13.2 Å². The molecule has 1 aromatic carbocycles. The molecule has 0 amide bonds. The monoisotopic (exact) mass is 550 g/mol. The summed E-state index contributed by atoms with van der Waals surface area (Å²) in [6, 6.07) is 12.9. The Balaban J connectivity index is 0.00000289. The molecule has 2 aromatic rings. The molecule has 2 saturated heterocycles. The van der Waals surface area contributed by atoms with Crippen LogP contribution >= 0.6 is 24.0 Å². The third kappa shape index (κ3) is 7.05. The number of nitrogens with one attached hydrogen (secondary N) is 2. The number of morpholine rings is 1. The predicted octanol–water partition coefficient (Wildman–Crippen LogP) is 3.00. The minimum absolute atomic E-state index is 0. The summed E-state index contributed by atoms with van der Waals surface area (Å²) in [5, 5.41) is 6.91. The van der Waals surface area contributed by atoms with Crippen LogP contribution in [0.5, 0.6) is 0 Å². The second-order valence-electron chi connectivity index (χ2n) is 8.15. The first-order valence-electron chi connectivity index (χ1n) is 11.3. The average molecular weight is 550 g/mol. The summed E-state index contributed by atoms with van der Waals surface area (Å²) in [7, 11) is 1.82. The Labute approximate surface area is 208 Å². The van der Waals surface area contributed by atoms with Crippen LogP contribution in [0.15, 0.2) is 47.6 Å². The molecule has 4 rings (SSSR count). The molecule has 174 valence electrons. The minimum atomic E-state index is 0. The summed E-state index contributed by atoms with van der Waals surface area (Å²) in [4.78, 5) is 13.8. The van der Waals surface area contributed by atoms with Gasteiger partial charge in [-0.15, -0.1) is 24.0 Å². The van der Waals surface area contributed by atoms with E-state index in [-0.39, 0.29) is 24.0 Å². The van der Waals surface area contributed by atoms with Gasteiger partial charge in [0, 0.05) is 59.1 Å². The Kier molecular flexibility index (Phi) is 10.0. The summed E-state index contributed by atoms with van der Waals surface area (Å²) in [6.45, 7) is 8.29. The number of pyridine rings is 1. The van der Waals surface area contributed by atoms with Gasteiger partial charge < -0.3 is 20.3 Å². The molecule has 0 spiro atoms. The molecule has 2 aliphatic heterocycles. The van der Waals surface area contributed by atoms with E-state index in [0.717, 1.165) is 70.8 Å². The third-order valence-corrected chi connectivity index (χ3v) is 5.99. The number of hydrogen-bond donors (Lipinski definition) is 2. The lowest BCUT2D eigenvalue weighted by Crippen LogP contribution is -2.37. The second kappa shape index (κ2) is 13.0. The van der Waals surface area contributed by atoms with Crippen LogP contribution < -0.4 is 15.5 Å². The molecule has 32 heavy (non-hydrogen) atoms. The van der Waals surface area contributed by atoms with Crippen molar-refractivity contribution in [2.24, 2.45) is 4.99 Å². The largest absolute Gasteiger partial charge is 0.379 e. The van der Waals surface area contributed by atoms with Crippen molar-refractivity contribution in [3.05, 3.63) is 59.3 Å². The molecule has 2 N–H and O–H groups in total. The summed E-state index contributed by atoms with van der Waals surface area (Å²) in [5.74, 6) is 1.89. The highest BCUT2D eigenvalue weighted by Gasteiger charge is 2.14. The first-order chi connectivity index (χ1) is 15.3. The molecule has 0 saturated carbocycles. The van der Waals surface area contributed by atoms with Crippen molar-refractivity contribution >= 4 is 35.8 Å². The Morgan fingerprint density at radius 2 is 1.72 bits per heavy atom.